The average Bonchev–Trinajstić information content (AvgIpc) is 2.82. The van der Waals surface area contributed by atoms with E-state index in [-0.39, 0.29) is 5.91 Å². The monoisotopic (exact) mass is 297 g/mol. The fourth-order valence-corrected chi connectivity index (χ4v) is 2.33. The van der Waals surface area contributed by atoms with Gasteiger partial charge in [-0.3, -0.25) is 4.79 Å². The lowest BCUT2D eigenvalue weighted by molar-refractivity contribution is -0.131. The van der Waals surface area contributed by atoms with Crippen molar-refractivity contribution in [3.8, 4) is 0 Å². The van der Waals surface area contributed by atoms with Crippen LogP contribution in [-0.2, 0) is 9.53 Å². The van der Waals surface area contributed by atoms with E-state index < -0.39 is 11.6 Å². The second-order valence-electron chi connectivity index (χ2n) is 4.78. The number of carbonyl (C=O) groups excluding carboxylic acids is 1. The van der Waals surface area contributed by atoms with E-state index in [0.29, 0.717) is 18.7 Å². The van der Waals surface area contributed by atoms with Gasteiger partial charge >= 0.3 is 5.97 Å². The Labute approximate surface area is 122 Å². The molecule has 1 heterocycles. The zero-order valence-corrected chi connectivity index (χ0v) is 12.6. The van der Waals surface area contributed by atoms with E-state index in [0.717, 1.165) is 11.0 Å². The second-order valence-corrected chi connectivity index (χ2v) is 5.73. The molecule has 0 aliphatic heterocycles. The van der Waals surface area contributed by atoms with Gasteiger partial charge < -0.3 is 15.2 Å². The number of rotatable bonds is 7. The van der Waals surface area contributed by atoms with Gasteiger partial charge in [-0.05, 0) is 32.9 Å². The van der Waals surface area contributed by atoms with E-state index in [1.165, 1.54) is 17.4 Å². The number of nitrogens with one attached hydrogen (secondary N) is 1. The van der Waals surface area contributed by atoms with E-state index in [2.05, 4.69) is 5.32 Å². The summed E-state index contributed by atoms with van der Waals surface area (Å²) >= 11 is 1.32. The van der Waals surface area contributed by atoms with Crippen molar-refractivity contribution in [3.05, 3.63) is 28.0 Å². The van der Waals surface area contributed by atoms with Crippen molar-refractivity contribution in [2.24, 2.45) is 0 Å². The van der Waals surface area contributed by atoms with Crippen LogP contribution in [0.25, 0.3) is 6.08 Å². The van der Waals surface area contributed by atoms with E-state index >= 15 is 0 Å². The van der Waals surface area contributed by atoms with Gasteiger partial charge in [0.1, 0.15) is 0 Å². The molecule has 0 unspecified atom stereocenters. The molecule has 1 aromatic heterocycles. The number of aliphatic carboxylic acids is 1. The molecule has 6 heteroatoms. The Hall–Kier alpha value is -1.66. The zero-order valence-electron chi connectivity index (χ0n) is 11.8. The molecule has 0 saturated heterocycles. The molecular weight excluding hydrogens is 278 g/mol. The van der Waals surface area contributed by atoms with Crippen molar-refractivity contribution < 1.29 is 19.4 Å². The van der Waals surface area contributed by atoms with Crippen molar-refractivity contribution in [2.75, 3.05) is 13.2 Å². The van der Waals surface area contributed by atoms with Crippen molar-refractivity contribution >= 4 is 29.3 Å². The van der Waals surface area contributed by atoms with Crippen LogP contribution in [0.4, 0.5) is 0 Å². The third-order valence-electron chi connectivity index (χ3n) is 2.48. The molecule has 5 nitrogen and oxygen atoms in total. The van der Waals surface area contributed by atoms with Crippen LogP contribution in [0.2, 0.25) is 0 Å². The topological polar surface area (TPSA) is 75.6 Å². The number of carboxylic acid groups (broad SMARTS) is 1. The first-order chi connectivity index (χ1) is 9.34. The Morgan fingerprint density at radius 1 is 1.50 bits per heavy atom. The van der Waals surface area contributed by atoms with Crippen LogP contribution in [0.3, 0.4) is 0 Å². The fourth-order valence-electron chi connectivity index (χ4n) is 1.55. The number of hydrogen-bond donors (Lipinski definition) is 2. The molecule has 1 aromatic rings. The van der Waals surface area contributed by atoms with Crippen molar-refractivity contribution in [1.29, 1.82) is 0 Å². The van der Waals surface area contributed by atoms with Gasteiger partial charge in [-0.2, -0.15) is 0 Å². The molecule has 0 aliphatic rings. The van der Waals surface area contributed by atoms with Gasteiger partial charge in [0.25, 0.3) is 5.91 Å². The van der Waals surface area contributed by atoms with Gasteiger partial charge in [-0.15, -0.1) is 11.3 Å². The first-order valence-corrected chi connectivity index (χ1v) is 7.14. The Balaban J connectivity index is 2.58. The van der Waals surface area contributed by atoms with Crippen molar-refractivity contribution in [2.45, 2.75) is 26.4 Å². The van der Waals surface area contributed by atoms with Crippen LogP contribution in [-0.4, -0.2) is 35.7 Å². The summed E-state index contributed by atoms with van der Waals surface area (Å²) in [6.07, 6.45) is 2.51. The summed E-state index contributed by atoms with van der Waals surface area (Å²) < 4.78 is 5.50. The van der Waals surface area contributed by atoms with Gasteiger partial charge in [-0.1, -0.05) is 0 Å². The highest BCUT2D eigenvalue weighted by molar-refractivity contribution is 7.11. The largest absolute Gasteiger partial charge is 0.478 e. The zero-order chi connectivity index (χ0) is 15.2. The molecule has 0 fully saturated rings. The minimum Gasteiger partial charge on any atom is -0.478 e. The quantitative estimate of drug-likeness (QED) is 0.758. The third kappa shape index (κ3) is 5.54. The summed E-state index contributed by atoms with van der Waals surface area (Å²) in [5.74, 6) is -1.20. The number of hydrogen-bond acceptors (Lipinski definition) is 4. The standard InChI is InChI=1S/C14H19NO4S/c1-4-19-14(2,3)9-15-13(18)10-7-11(20-8-10)5-6-12(16)17/h5-8H,4,9H2,1-3H3,(H,15,18)(H,16,17)/b6-5+. The van der Waals surface area contributed by atoms with E-state index in [9.17, 15) is 9.59 Å². The first kappa shape index (κ1) is 16.4. The Morgan fingerprint density at radius 3 is 2.80 bits per heavy atom. The van der Waals surface area contributed by atoms with Gasteiger partial charge in [0, 0.05) is 29.5 Å². The number of amides is 1. The molecule has 110 valence electrons. The normalized spacial score (nSPS) is 11.8. The highest BCUT2D eigenvalue weighted by Crippen LogP contribution is 2.16. The molecule has 0 atom stereocenters. The lowest BCUT2D eigenvalue weighted by Crippen LogP contribution is -2.40. The maximum atomic E-state index is 11.9. The van der Waals surface area contributed by atoms with E-state index in [1.54, 1.807) is 11.4 Å². The molecule has 0 aliphatic carbocycles. The van der Waals surface area contributed by atoms with Crippen LogP contribution in [0.5, 0.6) is 0 Å². The summed E-state index contributed by atoms with van der Waals surface area (Å²) in [7, 11) is 0. The van der Waals surface area contributed by atoms with E-state index in [4.69, 9.17) is 9.84 Å². The van der Waals surface area contributed by atoms with Crippen molar-refractivity contribution in [1.82, 2.24) is 5.32 Å². The number of ether oxygens (including phenoxy) is 1. The highest BCUT2D eigenvalue weighted by atomic mass is 32.1. The summed E-state index contributed by atoms with van der Waals surface area (Å²) in [5, 5.41) is 13.0. The maximum absolute atomic E-state index is 11.9. The Morgan fingerprint density at radius 2 is 2.20 bits per heavy atom. The van der Waals surface area contributed by atoms with Gasteiger partial charge in [0.05, 0.1) is 11.2 Å². The molecule has 0 saturated carbocycles. The number of thiophene rings is 1. The summed E-state index contributed by atoms with van der Waals surface area (Å²) in [4.78, 5) is 23.1. The molecule has 1 amide bonds. The molecule has 0 bridgehead atoms. The number of carbonyl (C=O) groups is 2. The first-order valence-electron chi connectivity index (χ1n) is 6.26. The summed E-state index contributed by atoms with van der Waals surface area (Å²) in [5.41, 5.74) is 0.110. The molecule has 2 N–H and O–H groups in total. The molecule has 20 heavy (non-hydrogen) atoms. The fraction of sp³-hybridized carbons (Fsp3) is 0.429. The lowest BCUT2D eigenvalue weighted by Gasteiger charge is -2.24. The van der Waals surface area contributed by atoms with Crippen LogP contribution in [0, 0.1) is 0 Å². The molecule has 0 spiro atoms. The third-order valence-corrected chi connectivity index (χ3v) is 3.38. The average molecular weight is 297 g/mol. The Bertz CT molecular complexity index is 505. The lowest BCUT2D eigenvalue weighted by atomic mass is 10.1. The Kier molecular flexibility index (Phi) is 5.91. The predicted molar refractivity (Wildman–Crippen MR) is 79.0 cm³/mol. The molecule has 1 rings (SSSR count). The van der Waals surface area contributed by atoms with Crippen LogP contribution in [0.15, 0.2) is 17.5 Å². The minimum absolute atomic E-state index is 0.191. The SMILES string of the molecule is CCOC(C)(C)CNC(=O)c1csc(/C=C/C(=O)O)c1. The number of carboxylic acids is 1. The van der Waals surface area contributed by atoms with Crippen LogP contribution >= 0.6 is 11.3 Å². The molecule has 0 aromatic carbocycles. The second kappa shape index (κ2) is 7.21. The molecule has 0 radical (unpaired) electrons. The van der Waals surface area contributed by atoms with Gasteiger partial charge in [0.15, 0.2) is 0 Å². The summed E-state index contributed by atoms with van der Waals surface area (Å²) in [6.45, 7) is 6.72. The minimum atomic E-state index is -1.01. The van der Waals surface area contributed by atoms with Crippen LogP contribution < -0.4 is 5.32 Å². The smallest absolute Gasteiger partial charge is 0.328 e. The van der Waals surface area contributed by atoms with Crippen molar-refractivity contribution in [3.63, 3.8) is 0 Å². The maximum Gasteiger partial charge on any atom is 0.328 e. The van der Waals surface area contributed by atoms with Crippen LogP contribution in [0.1, 0.15) is 36.0 Å². The van der Waals surface area contributed by atoms with Gasteiger partial charge in [0.2, 0.25) is 0 Å². The predicted octanol–water partition coefficient (Wildman–Crippen LogP) is 2.39. The summed E-state index contributed by atoms with van der Waals surface area (Å²) in [6, 6.07) is 1.66. The molecular formula is C14H19NO4S. The highest BCUT2D eigenvalue weighted by Gasteiger charge is 2.19. The van der Waals surface area contributed by atoms with Gasteiger partial charge in [-0.25, -0.2) is 4.79 Å². The van der Waals surface area contributed by atoms with E-state index in [1.807, 2.05) is 20.8 Å².